The molecule has 0 saturated heterocycles. The molecule has 0 aromatic heterocycles. The van der Waals surface area contributed by atoms with E-state index in [0.29, 0.717) is 12.2 Å². The maximum atomic E-state index is 9.17. The van der Waals surface area contributed by atoms with Crippen LogP contribution in [0.5, 0.6) is 0 Å². The molecule has 0 heterocycles. The molecule has 20 heavy (non-hydrogen) atoms. The fraction of sp³-hybridized carbons (Fsp3) is 0.188. The summed E-state index contributed by atoms with van der Waals surface area (Å²) < 4.78 is 6.07. The van der Waals surface area contributed by atoms with Crippen LogP contribution >= 0.6 is 15.9 Å². The molecule has 2 rings (SSSR count). The van der Waals surface area contributed by atoms with Crippen molar-refractivity contribution in [1.29, 1.82) is 5.26 Å². The summed E-state index contributed by atoms with van der Waals surface area (Å²) in [5.41, 5.74) is 3.58. The number of hydrogen-bond acceptors (Lipinski definition) is 3. The molecule has 0 radical (unpaired) electrons. The number of rotatable bonds is 5. The molecule has 0 bridgehead atoms. The van der Waals surface area contributed by atoms with Gasteiger partial charge in [-0.05, 0) is 36.2 Å². The zero-order chi connectivity index (χ0) is 14.4. The van der Waals surface area contributed by atoms with E-state index in [1.54, 1.807) is 13.2 Å². The van der Waals surface area contributed by atoms with Crippen molar-refractivity contribution in [1.82, 2.24) is 0 Å². The molecule has 0 amide bonds. The molecule has 2 aromatic rings. The second-order valence-corrected chi connectivity index (χ2v) is 5.24. The number of nitriles is 1. The lowest BCUT2D eigenvalue weighted by Gasteiger charge is -2.13. The maximum Gasteiger partial charge on any atom is 0.101 e. The number of methoxy groups -OCH3 is 1. The van der Waals surface area contributed by atoms with Crippen LogP contribution in [0.3, 0.4) is 0 Å². The van der Waals surface area contributed by atoms with Gasteiger partial charge >= 0.3 is 0 Å². The summed E-state index contributed by atoms with van der Waals surface area (Å²) in [5, 5.41) is 12.5. The zero-order valence-corrected chi connectivity index (χ0v) is 12.8. The largest absolute Gasteiger partial charge is 0.384 e. The van der Waals surface area contributed by atoms with Crippen molar-refractivity contribution < 1.29 is 4.74 Å². The number of benzene rings is 2. The van der Waals surface area contributed by atoms with E-state index >= 15 is 0 Å². The molecule has 0 spiro atoms. The van der Waals surface area contributed by atoms with Crippen molar-refractivity contribution in [2.24, 2.45) is 0 Å². The maximum absolute atomic E-state index is 9.17. The fourth-order valence-corrected chi connectivity index (χ4v) is 2.30. The number of hydrogen-bond donors (Lipinski definition) is 1. The summed E-state index contributed by atoms with van der Waals surface area (Å²) in [5.74, 6) is 0. The van der Waals surface area contributed by atoms with E-state index in [4.69, 9.17) is 4.74 Å². The molecule has 0 aliphatic carbocycles. The molecule has 102 valence electrons. The lowest BCUT2D eigenvalue weighted by Crippen LogP contribution is -2.01. The number of halogens is 1. The number of ether oxygens (including phenoxy) is 1. The van der Waals surface area contributed by atoms with Gasteiger partial charge in [-0.2, -0.15) is 5.26 Å². The number of para-hydroxylation sites is 1. The van der Waals surface area contributed by atoms with Crippen molar-refractivity contribution in [2.45, 2.75) is 6.42 Å². The first-order chi connectivity index (χ1) is 9.74. The van der Waals surface area contributed by atoms with Gasteiger partial charge in [-0.1, -0.05) is 34.1 Å². The van der Waals surface area contributed by atoms with Crippen LogP contribution in [0, 0.1) is 11.3 Å². The normalized spacial score (nSPS) is 10.1. The van der Waals surface area contributed by atoms with E-state index in [1.165, 1.54) is 5.56 Å². The van der Waals surface area contributed by atoms with Crippen LogP contribution in [0.15, 0.2) is 46.9 Å². The molecule has 0 aliphatic heterocycles. The Morgan fingerprint density at radius 3 is 2.75 bits per heavy atom. The summed E-state index contributed by atoms with van der Waals surface area (Å²) in [6, 6.07) is 15.8. The van der Waals surface area contributed by atoms with Crippen molar-refractivity contribution in [3.63, 3.8) is 0 Å². The Kier molecular flexibility index (Phi) is 5.16. The quantitative estimate of drug-likeness (QED) is 0.891. The minimum Gasteiger partial charge on any atom is -0.384 e. The topological polar surface area (TPSA) is 45.0 Å². The standard InChI is InChI=1S/C16H15BrN2O/c1-20-9-8-12-4-2-3-5-15(12)19-16-10-14(17)7-6-13(16)11-18/h2-7,10,19H,8-9H2,1H3. The van der Waals surface area contributed by atoms with Gasteiger partial charge in [-0.25, -0.2) is 0 Å². The van der Waals surface area contributed by atoms with Crippen LogP contribution in [-0.4, -0.2) is 13.7 Å². The molecule has 4 heteroatoms. The van der Waals surface area contributed by atoms with Crippen molar-refractivity contribution in [3.05, 3.63) is 58.1 Å². The first kappa shape index (κ1) is 14.6. The van der Waals surface area contributed by atoms with E-state index in [1.807, 2.05) is 30.3 Å². The third kappa shape index (κ3) is 3.60. The second kappa shape index (κ2) is 7.09. The van der Waals surface area contributed by atoms with Crippen molar-refractivity contribution in [3.8, 4) is 6.07 Å². The van der Waals surface area contributed by atoms with Gasteiger partial charge in [0.2, 0.25) is 0 Å². The highest BCUT2D eigenvalue weighted by Crippen LogP contribution is 2.26. The monoisotopic (exact) mass is 330 g/mol. The van der Waals surface area contributed by atoms with Gasteiger partial charge in [-0.3, -0.25) is 0 Å². The van der Waals surface area contributed by atoms with Crippen LogP contribution in [0.4, 0.5) is 11.4 Å². The summed E-state index contributed by atoms with van der Waals surface area (Å²) in [7, 11) is 1.69. The number of nitrogens with zero attached hydrogens (tertiary/aromatic N) is 1. The summed E-state index contributed by atoms with van der Waals surface area (Å²) in [4.78, 5) is 0. The SMILES string of the molecule is COCCc1ccccc1Nc1cc(Br)ccc1C#N. The number of nitrogens with one attached hydrogen (secondary N) is 1. The van der Waals surface area contributed by atoms with Gasteiger partial charge in [0.15, 0.2) is 0 Å². The van der Waals surface area contributed by atoms with E-state index in [9.17, 15) is 5.26 Å². The molecule has 2 aromatic carbocycles. The Labute approximate surface area is 127 Å². The molecular formula is C16H15BrN2O. The average molecular weight is 331 g/mol. The second-order valence-electron chi connectivity index (χ2n) is 4.33. The molecule has 3 nitrogen and oxygen atoms in total. The smallest absolute Gasteiger partial charge is 0.101 e. The summed E-state index contributed by atoms with van der Waals surface area (Å²) >= 11 is 3.43. The Hall–Kier alpha value is -1.83. The highest BCUT2D eigenvalue weighted by Gasteiger charge is 2.06. The van der Waals surface area contributed by atoms with Crippen molar-refractivity contribution >= 4 is 27.3 Å². The van der Waals surface area contributed by atoms with Gasteiger partial charge < -0.3 is 10.1 Å². The molecule has 0 unspecified atom stereocenters. The molecule has 0 fully saturated rings. The lowest BCUT2D eigenvalue weighted by molar-refractivity contribution is 0.202. The van der Waals surface area contributed by atoms with Crippen LogP contribution in [-0.2, 0) is 11.2 Å². The Bertz CT molecular complexity index is 635. The van der Waals surface area contributed by atoms with Gasteiger partial charge in [0.05, 0.1) is 17.9 Å². The van der Waals surface area contributed by atoms with Crippen LogP contribution in [0.25, 0.3) is 0 Å². The van der Waals surface area contributed by atoms with E-state index in [0.717, 1.165) is 22.3 Å². The van der Waals surface area contributed by atoms with Gasteiger partial charge in [-0.15, -0.1) is 0 Å². The summed E-state index contributed by atoms with van der Waals surface area (Å²) in [6.07, 6.45) is 0.829. The highest BCUT2D eigenvalue weighted by atomic mass is 79.9. The Morgan fingerprint density at radius 2 is 2.00 bits per heavy atom. The zero-order valence-electron chi connectivity index (χ0n) is 11.2. The predicted octanol–water partition coefficient (Wildman–Crippen LogP) is 4.25. The van der Waals surface area contributed by atoms with E-state index < -0.39 is 0 Å². The average Bonchev–Trinajstić information content (AvgIpc) is 2.47. The van der Waals surface area contributed by atoms with Gasteiger partial charge in [0.1, 0.15) is 6.07 Å². The fourth-order valence-electron chi connectivity index (χ4n) is 1.93. The van der Waals surface area contributed by atoms with Gasteiger partial charge in [0.25, 0.3) is 0 Å². The first-order valence-electron chi connectivity index (χ1n) is 6.28. The van der Waals surface area contributed by atoms with Crippen molar-refractivity contribution in [2.75, 3.05) is 19.0 Å². The van der Waals surface area contributed by atoms with Crippen LogP contribution in [0.1, 0.15) is 11.1 Å². The predicted molar refractivity (Wildman–Crippen MR) is 84.2 cm³/mol. The molecule has 0 aliphatic rings. The molecular weight excluding hydrogens is 316 g/mol. The molecule has 1 N–H and O–H groups in total. The Balaban J connectivity index is 2.30. The first-order valence-corrected chi connectivity index (χ1v) is 7.07. The van der Waals surface area contributed by atoms with Gasteiger partial charge in [0, 0.05) is 17.3 Å². The minimum atomic E-state index is 0.620. The Morgan fingerprint density at radius 1 is 1.20 bits per heavy atom. The van der Waals surface area contributed by atoms with E-state index in [-0.39, 0.29) is 0 Å². The van der Waals surface area contributed by atoms with Crippen LogP contribution < -0.4 is 5.32 Å². The van der Waals surface area contributed by atoms with E-state index in [2.05, 4.69) is 33.4 Å². The molecule has 0 atom stereocenters. The third-order valence-corrected chi connectivity index (χ3v) is 3.46. The molecule has 0 saturated carbocycles. The highest BCUT2D eigenvalue weighted by molar-refractivity contribution is 9.10. The third-order valence-electron chi connectivity index (χ3n) is 2.96. The lowest BCUT2D eigenvalue weighted by atomic mass is 10.1. The minimum absolute atomic E-state index is 0.620. The van der Waals surface area contributed by atoms with Crippen LogP contribution in [0.2, 0.25) is 0 Å². The number of anilines is 2. The summed E-state index contributed by atoms with van der Waals surface area (Å²) in [6.45, 7) is 0.669.